The quantitative estimate of drug-likeness (QED) is 0.715. The number of rotatable bonds is 2. The van der Waals surface area contributed by atoms with E-state index in [2.05, 4.69) is 22.0 Å². The zero-order chi connectivity index (χ0) is 13.9. The Balaban J connectivity index is 1.77. The Morgan fingerprint density at radius 1 is 1.20 bits per heavy atom. The van der Waals surface area contributed by atoms with Gasteiger partial charge in [-0.3, -0.25) is 9.59 Å². The zero-order valence-electron chi connectivity index (χ0n) is 11.4. The monoisotopic (exact) mass is 273 g/mol. The van der Waals surface area contributed by atoms with Crippen molar-refractivity contribution in [1.82, 2.24) is 5.32 Å². The van der Waals surface area contributed by atoms with Gasteiger partial charge in [0.1, 0.15) is 5.92 Å². The summed E-state index contributed by atoms with van der Waals surface area (Å²) in [6, 6.07) is 5.91. The van der Waals surface area contributed by atoms with Crippen molar-refractivity contribution < 1.29 is 9.59 Å². The zero-order valence-corrected chi connectivity index (χ0v) is 11.4. The first-order valence-electron chi connectivity index (χ1n) is 7.20. The molecule has 2 amide bonds. The van der Waals surface area contributed by atoms with Crippen molar-refractivity contribution in [3.8, 4) is 0 Å². The van der Waals surface area contributed by atoms with Crippen LogP contribution in [0.2, 0.25) is 0 Å². The van der Waals surface area contributed by atoms with Gasteiger partial charge in [-0.1, -0.05) is 12.1 Å². The van der Waals surface area contributed by atoms with Gasteiger partial charge in [-0.15, -0.1) is 0 Å². The molecule has 106 valence electrons. The molecule has 20 heavy (non-hydrogen) atoms. The molecule has 3 N–H and O–H groups in total. The number of nitrogens with one attached hydrogen (secondary N) is 3. The van der Waals surface area contributed by atoms with Gasteiger partial charge in [-0.25, -0.2) is 0 Å². The Labute approximate surface area is 118 Å². The van der Waals surface area contributed by atoms with E-state index in [0.29, 0.717) is 13.0 Å². The highest BCUT2D eigenvalue weighted by atomic mass is 16.2. The number of carbonyl (C=O) groups is 2. The van der Waals surface area contributed by atoms with E-state index in [4.69, 9.17) is 0 Å². The predicted molar refractivity (Wildman–Crippen MR) is 77.6 cm³/mol. The number of aryl methyl sites for hydroxylation is 1. The average molecular weight is 273 g/mol. The molecule has 2 aliphatic rings. The average Bonchev–Trinajstić information content (AvgIpc) is 2.48. The molecule has 0 aromatic heterocycles. The maximum absolute atomic E-state index is 12.3. The molecule has 0 unspecified atom stereocenters. The van der Waals surface area contributed by atoms with Crippen LogP contribution in [0, 0.1) is 5.92 Å². The number of piperidine rings is 1. The molecular formula is C15H19N3O2. The van der Waals surface area contributed by atoms with Crippen molar-refractivity contribution in [2.75, 3.05) is 23.7 Å². The number of hydrogen-bond donors (Lipinski definition) is 3. The predicted octanol–water partition coefficient (Wildman–Crippen LogP) is 1.51. The molecule has 2 aliphatic heterocycles. The number of hydrogen-bond acceptors (Lipinski definition) is 3. The molecule has 3 rings (SSSR count). The molecule has 0 aliphatic carbocycles. The topological polar surface area (TPSA) is 70.2 Å². The Bertz CT molecular complexity index is 542. The van der Waals surface area contributed by atoms with Gasteiger partial charge < -0.3 is 16.0 Å². The second-order valence-electron chi connectivity index (χ2n) is 5.35. The van der Waals surface area contributed by atoms with Gasteiger partial charge >= 0.3 is 0 Å². The highest BCUT2D eigenvalue weighted by Crippen LogP contribution is 2.30. The molecule has 1 atom stereocenters. The largest absolute Gasteiger partial charge is 0.383 e. The van der Waals surface area contributed by atoms with Crippen molar-refractivity contribution in [2.24, 2.45) is 5.92 Å². The molecular weight excluding hydrogens is 254 g/mol. The summed E-state index contributed by atoms with van der Waals surface area (Å²) in [5, 5.41) is 8.99. The summed E-state index contributed by atoms with van der Waals surface area (Å²) in [6.07, 6.45) is 3.61. The molecule has 1 fully saturated rings. The van der Waals surface area contributed by atoms with Crippen LogP contribution in [0.4, 0.5) is 11.4 Å². The fourth-order valence-electron chi connectivity index (χ4n) is 2.86. The maximum Gasteiger partial charge on any atom is 0.237 e. The van der Waals surface area contributed by atoms with Gasteiger partial charge in [0, 0.05) is 13.1 Å². The van der Waals surface area contributed by atoms with Crippen LogP contribution in [0.3, 0.4) is 0 Å². The first-order chi connectivity index (χ1) is 9.75. The van der Waals surface area contributed by atoms with Crippen molar-refractivity contribution in [1.29, 1.82) is 0 Å². The number of carbonyl (C=O) groups excluding carboxylic acids is 2. The van der Waals surface area contributed by atoms with Crippen LogP contribution < -0.4 is 16.0 Å². The lowest BCUT2D eigenvalue weighted by Crippen LogP contribution is -2.42. The second kappa shape index (κ2) is 5.53. The van der Waals surface area contributed by atoms with Crippen LogP contribution >= 0.6 is 0 Å². The minimum absolute atomic E-state index is 0.161. The number of para-hydroxylation sites is 1. The SMILES string of the molecule is O=C1NCCC[C@@H]1C(=O)Nc1cccc2c1NCCC2. The summed E-state index contributed by atoms with van der Waals surface area (Å²) >= 11 is 0. The van der Waals surface area contributed by atoms with Crippen LogP contribution in [-0.4, -0.2) is 24.9 Å². The summed E-state index contributed by atoms with van der Waals surface area (Å²) in [4.78, 5) is 24.0. The molecule has 5 nitrogen and oxygen atoms in total. The third-order valence-electron chi connectivity index (χ3n) is 3.94. The van der Waals surface area contributed by atoms with E-state index in [1.807, 2.05) is 12.1 Å². The smallest absolute Gasteiger partial charge is 0.237 e. The summed E-state index contributed by atoms with van der Waals surface area (Å²) in [5.74, 6) is -0.933. The minimum Gasteiger partial charge on any atom is -0.383 e. The van der Waals surface area contributed by atoms with E-state index in [1.165, 1.54) is 5.56 Å². The van der Waals surface area contributed by atoms with Gasteiger partial charge in [-0.2, -0.15) is 0 Å². The van der Waals surface area contributed by atoms with Crippen molar-refractivity contribution in [3.63, 3.8) is 0 Å². The van der Waals surface area contributed by atoms with E-state index >= 15 is 0 Å². The van der Waals surface area contributed by atoms with Crippen LogP contribution in [0.25, 0.3) is 0 Å². The van der Waals surface area contributed by atoms with E-state index in [-0.39, 0.29) is 11.8 Å². The first-order valence-corrected chi connectivity index (χ1v) is 7.20. The van der Waals surface area contributed by atoms with E-state index in [9.17, 15) is 9.59 Å². The molecule has 0 bridgehead atoms. The van der Waals surface area contributed by atoms with Crippen molar-refractivity contribution in [3.05, 3.63) is 23.8 Å². The summed E-state index contributed by atoms with van der Waals surface area (Å²) < 4.78 is 0. The second-order valence-corrected chi connectivity index (χ2v) is 5.35. The van der Waals surface area contributed by atoms with Crippen molar-refractivity contribution >= 4 is 23.2 Å². The van der Waals surface area contributed by atoms with Gasteiger partial charge in [0.2, 0.25) is 11.8 Å². The lowest BCUT2D eigenvalue weighted by molar-refractivity contribution is -0.134. The Morgan fingerprint density at radius 3 is 2.90 bits per heavy atom. The maximum atomic E-state index is 12.3. The van der Waals surface area contributed by atoms with Gasteiger partial charge in [0.25, 0.3) is 0 Å². The fraction of sp³-hybridized carbons (Fsp3) is 0.467. The lowest BCUT2D eigenvalue weighted by Gasteiger charge is -2.24. The van der Waals surface area contributed by atoms with Crippen LogP contribution in [-0.2, 0) is 16.0 Å². The van der Waals surface area contributed by atoms with Gasteiger partial charge in [0.05, 0.1) is 11.4 Å². The molecule has 2 heterocycles. The normalized spacial score (nSPS) is 21.4. The molecule has 1 saturated heterocycles. The highest BCUT2D eigenvalue weighted by Gasteiger charge is 2.29. The molecule has 1 aromatic rings. The first kappa shape index (κ1) is 13.0. The van der Waals surface area contributed by atoms with Gasteiger partial charge in [-0.05, 0) is 37.3 Å². The summed E-state index contributed by atoms with van der Waals surface area (Å²) in [6.45, 7) is 1.59. The third-order valence-corrected chi connectivity index (χ3v) is 3.94. The molecule has 0 spiro atoms. The Kier molecular flexibility index (Phi) is 3.58. The Hall–Kier alpha value is -2.04. The minimum atomic E-state index is -0.566. The third kappa shape index (κ3) is 2.48. The van der Waals surface area contributed by atoms with Crippen LogP contribution in [0.1, 0.15) is 24.8 Å². The number of anilines is 2. The highest BCUT2D eigenvalue weighted by molar-refractivity contribution is 6.08. The fourth-order valence-corrected chi connectivity index (χ4v) is 2.86. The summed E-state index contributed by atoms with van der Waals surface area (Å²) in [5.41, 5.74) is 3.01. The molecule has 5 heteroatoms. The molecule has 1 aromatic carbocycles. The molecule has 0 saturated carbocycles. The number of amides is 2. The van der Waals surface area contributed by atoms with Crippen LogP contribution in [0.15, 0.2) is 18.2 Å². The summed E-state index contributed by atoms with van der Waals surface area (Å²) in [7, 11) is 0. The van der Waals surface area contributed by atoms with Gasteiger partial charge in [0.15, 0.2) is 0 Å². The Morgan fingerprint density at radius 2 is 2.05 bits per heavy atom. The number of benzene rings is 1. The van der Waals surface area contributed by atoms with Crippen molar-refractivity contribution in [2.45, 2.75) is 25.7 Å². The standard InChI is InChI=1S/C15H19N3O2/c19-14-11(6-3-9-17-14)15(20)18-12-7-1-4-10-5-2-8-16-13(10)12/h1,4,7,11,16H,2-3,5-6,8-9H2,(H,17,19)(H,18,20)/t11-/m0/s1. The number of fused-ring (bicyclic) bond motifs is 1. The lowest BCUT2D eigenvalue weighted by atomic mass is 9.97. The van der Waals surface area contributed by atoms with E-state index < -0.39 is 5.92 Å². The molecule has 0 radical (unpaired) electrons. The van der Waals surface area contributed by atoms with E-state index in [0.717, 1.165) is 37.2 Å². The van der Waals surface area contributed by atoms with Crippen LogP contribution in [0.5, 0.6) is 0 Å². The van der Waals surface area contributed by atoms with E-state index in [1.54, 1.807) is 0 Å².